The summed E-state index contributed by atoms with van der Waals surface area (Å²) in [6.45, 7) is 6.59. The van der Waals surface area contributed by atoms with Crippen LogP contribution in [-0.2, 0) is 10.2 Å². The minimum atomic E-state index is -1.62. The van der Waals surface area contributed by atoms with Crippen LogP contribution in [0.3, 0.4) is 0 Å². The SMILES string of the molecule is CC(C)n1cc(-c2cccc3[nH]ncc23)c2c(N)nc(Nc3ccc(C(C)(C)C(=O)O)c(F)c3F)nc21. The summed E-state index contributed by atoms with van der Waals surface area (Å²) in [5, 5.41) is 20.7. The Morgan fingerprint density at radius 3 is 2.59 bits per heavy atom. The molecule has 0 unspecified atom stereocenters. The molecule has 0 aliphatic carbocycles. The highest BCUT2D eigenvalue weighted by atomic mass is 19.2. The van der Waals surface area contributed by atoms with Crippen LogP contribution in [0.5, 0.6) is 0 Å². The molecule has 0 saturated heterocycles. The number of aromatic nitrogens is 5. The van der Waals surface area contributed by atoms with Crippen molar-refractivity contribution in [1.29, 1.82) is 0 Å². The Labute approximate surface area is 210 Å². The lowest BCUT2D eigenvalue weighted by atomic mass is 9.84. The molecule has 0 atom stereocenters. The molecule has 5 aromatic rings. The maximum absolute atomic E-state index is 15.0. The van der Waals surface area contributed by atoms with Gasteiger partial charge in [-0.15, -0.1) is 0 Å². The van der Waals surface area contributed by atoms with Crippen molar-refractivity contribution < 1.29 is 18.7 Å². The van der Waals surface area contributed by atoms with Gasteiger partial charge < -0.3 is 20.7 Å². The van der Waals surface area contributed by atoms with Gasteiger partial charge in [-0.2, -0.15) is 15.1 Å². The number of hydrogen-bond donors (Lipinski definition) is 4. The van der Waals surface area contributed by atoms with Crippen molar-refractivity contribution in [3.63, 3.8) is 0 Å². The van der Waals surface area contributed by atoms with Gasteiger partial charge in [-0.1, -0.05) is 18.2 Å². The summed E-state index contributed by atoms with van der Waals surface area (Å²) < 4.78 is 31.8. The molecule has 3 aromatic heterocycles. The molecule has 11 heteroatoms. The van der Waals surface area contributed by atoms with Gasteiger partial charge in [0, 0.05) is 28.8 Å². The van der Waals surface area contributed by atoms with Gasteiger partial charge in [-0.3, -0.25) is 9.89 Å². The minimum Gasteiger partial charge on any atom is -0.481 e. The van der Waals surface area contributed by atoms with Crippen LogP contribution in [0.2, 0.25) is 0 Å². The molecule has 2 aromatic carbocycles. The average molecular weight is 506 g/mol. The Balaban J connectivity index is 1.63. The van der Waals surface area contributed by atoms with E-state index in [1.807, 2.05) is 42.8 Å². The van der Waals surface area contributed by atoms with Crippen LogP contribution in [0, 0.1) is 11.6 Å². The zero-order chi connectivity index (χ0) is 26.6. The van der Waals surface area contributed by atoms with Gasteiger partial charge in [0.1, 0.15) is 11.5 Å². The largest absolute Gasteiger partial charge is 0.481 e. The first-order chi connectivity index (χ1) is 17.5. The van der Waals surface area contributed by atoms with Crippen LogP contribution >= 0.6 is 0 Å². The van der Waals surface area contributed by atoms with E-state index in [0.29, 0.717) is 11.0 Å². The third kappa shape index (κ3) is 3.83. The number of nitrogen functional groups attached to an aromatic ring is 1. The molecule has 5 N–H and O–H groups in total. The monoisotopic (exact) mass is 505 g/mol. The maximum Gasteiger partial charge on any atom is 0.313 e. The van der Waals surface area contributed by atoms with Crippen molar-refractivity contribution in [2.45, 2.75) is 39.2 Å². The topological polar surface area (TPSA) is 135 Å². The van der Waals surface area contributed by atoms with E-state index in [1.54, 1.807) is 6.20 Å². The second-order valence-electron chi connectivity index (χ2n) is 9.66. The van der Waals surface area contributed by atoms with E-state index in [4.69, 9.17) is 5.73 Å². The van der Waals surface area contributed by atoms with Crippen molar-refractivity contribution in [2.24, 2.45) is 0 Å². The summed E-state index contributed by atoms with van der Waals surface area (Å²) in [6.07, 6.45) is 3.68. The molecule has 0 amide bonds. The van der Waals surface area contributed by atoms with Crippen LogP contribution in [0.15, 0.2) is 42.7 Å². The number of halogens is 2. The number of anilines is 3. The number of aromatic amines is 1. The molecule has 0 bridgehead atoms. The minimum absolute atomic E-state index is 0.00802. The van der Waals surface area contributed by atoms with Crippen LogP contribution in [0.1, 0.15) is 39.3 Å². The first-order valence-electron chi connectivity index (χ1n) is 11.6. The number of carboxylic acids is 1. The zero-order valence-corrected chi connectivity index (χ0v) is 20.6. The van der Waals surface area contributed by atoms with Gasteiger partial charge in [0.25, 0.3) is 0 Å². The van der Waals surface area contributed by atoms with E-state index in [2.05, 4.69) is 25.5 Å². The Morgan fingerprint density at radius 2 is 1.89 bits per heavy atom. The number of nitrogens with two attached hydrogens (primary N) is 1. The second-order valence-corrected chi connectivity index (χ2v) is 9.66. The Kier molecular flexibility index (Phi) is 5.58. The number of hydrogen-bond acceptors (Lipinski definition) is 6. The smallest absolute Gasteiger partial charge is 0.313 e. The van der Waals surface area contributed by atoms with E-state index in [1.165, 1.54) is 26.0 Å². The quantitative estimate of drug-likeness (QED) is 0.239. The summed E-state index contributed by atoms with van der Waals surface area (Å²) in [5.41, 5.74) is 7.38. The highest BCUT2D eigenvalue weighted by molar-refractivity contribution is 6.07. The van der Waals surface area contributed by atoms with Gasteiger partial charge in [-0.05, 0) is 45.4 Å². The van der Waals surface area contributed by atoms with E-state index in [-0.39, 0.29) is 29.1 Å². The summed E-state index contributed by atoms with van der Waals surface area (Å²) in [7, 11) is 0. The Hall–Kier alpha value is -4.54. The first kappa shape index (κ1) is 24.2. The molecule has 9 nitrogen and oxygen atoms in total. The van der Waals surface area contributed by atoms with Crippen molar-refractivity contribution in [3.05, 3.63) is 59.9 Å². The van der Waals surface area contributed by atoms with Gasteiger partial charge in [-0.25, -0.2) is 8.78 Å². The number of fused-ring (bicyclic) bond motifs is 2. The van der Waals surface area contributed by atoms with Crippen LogP contribution in [-0.4, -0.2) is 35.8 Å². The molecule has 37 heavy (non-hydrogen) atoms. The number of rotatable bonds is 6. The predicted molar refractivity (Wildman–Crippen MR) is 138 cm³/mol. The number of nitrogens with zero attached hydrogens (tertiary/aromatic N) is 4. The molecule has 0 aliphatic rings. The molecule has 0 aliphatic heterocycles. The molecule has 0 saturated carbocycles. The fourth-order valence-corrected chi connectivity index (χ4v) is 4.40. The lowest BCUT2D eigenvalue weighted by molar-refractivity contribution is -0.142. The molecular weight excluding hydrogens is 480 g/mol. The number of benzene rings is 2. The summed E-state index contributed by atoms with van der Waals surface area (Å²) >= 11 is 0. The molecule has 0 fully saturated rings. The molecular formula is C26H25F2N7O2. The van der Waals surface area contributed by atoms with Crippen molar-refractivity contribution in [1.82, 2.24) is 24.7 Å². The summed E-state index contributed by atoms with van der Waals surface area (Å²) in [5.74, 6) is -3.63. The number of aliphatic carboxylic acids is 1. The normalized spacial score (nSPS) is 12.1. The highest BCUT2D eigenvalue weighted by Gasteiger charge is 2.34. The van der Waals surface area contributed by atoms with Crippen molar-refractivity contribution in [3.8, 4) is 11.1 Å². The van der Waals surface area contributed by atoms with Gasteiger partial charge in [0.2, 0.25) is 5.95 Å². The predicted octanol–water partition coefficient (Wildman–Crippen LogP) is 5.52. The van der Waals surface area contributed by atoms with Crippen LogP contribution in [0.25, 0.3) is 33.1 Å². The Morgan fingerprint density at radius 1 is 1.14 bits per heavy atom. The van der Waals surface area contributed by atoms with Crippen molar-refractivity contribution >= 4 is 45.4 Å². The van der Waals surface area contributed by atoms with E-state index in [9.17, 15) is 18.7 Å². The highest BCUT2D eigenvalue weighted by Crippen LogP contribution is 2.38. The number of H-pyrrole nitrogens is 1. The summed E-state index contributed by atoms with van der Waals surface area (Å²) in [4.78, 5) is 20.4. The number of carbonyl (C=O) groups is 1. The van der Waals surface area contributed by atoms with Gasteiger partial charge in [0.15, 0.2) is 11.6 Å². The van der Waals surface area contributed by atoms with E-state index in [0.717, 1.165) is 22.0 Å². The number of nitrogens with one attached hydrogen (secondary N) is 2. The van der Waals surface area contributed by atoms with Crippen LogP contribution in [0.4, 0.5) is 26.2 Å². The number of carboxylic acid groups (broad SMARTS) is 1. The lowest BCUT2D eigenvalue weighted by Gasteiger charge is -2.21. The Bertz CT molecular complexity index is 1690. The molecule has 5 rings (SSSR count). The fraction of sp³-hybridized carbons (Fsp3) is 0.231. The molecule has 0 radical (unpaired) electrons. The second kappa shape index (κ2) is 8.54. The molecule has 0 spiro atoms. The van der Waals surface area contributed by atoms with Crippen LogP contribution < -0.4 is 11.1 Å². The third-order valence-corrected chi connectivity index (χ3v) is 6.57. The van der Waals surface area contributed by atoms with Crippen molar-refractivity contribution in [2.75, 3.05) is 11.1 Å². The zero-order valence-electron chi connectivity index (χ0n) is 20.6. The maximum atomic E-state index is 15.0. The lowest BCUT2D eigenvalue weighted by Crippen LogP contribution is -2.30. The van der Waals surface area contributed by atoms with E-state index < -0.39 is 23.0 Å². The van der Waals surface area contributed by atoms with Gasteiger partial charge in [0.05, 0.1) is 28.2 Å². The summed E-state index contributed by atoms with van der Waals surface area (Å²) in [6, 6.07) is 8.29. The van der Waals surface area contributed by atoms with E-state index >= 15 is 0 Å². The average Bonchev–Trinajstić information content (AvgIpc) is 3.47. The molecule has 190 valence electrons. The fourth-order valence-electron chi connectivity index (χ4n) is 4.40. The standard InChI is InChI=1S/C26H25F2N7O2/c1-12(2)35-11-15(13-6-5-7-17-14(13)10-30-34-17)19-22(29)32-25(33-23(19)35)31-18-9-8-16(20(27)21(18)28)26(3,4)24(36)37/h5-12H,1-4H3,(H,30,34)(H,36,37)(H3,29,31,32,33). The first-order valence-corrected chi connectivity index (χ1v) is 11.6. The molecule has 3 heterocycles. The third-order valence-electron chi connectivity index (χ3n) is 6.57. The van der Waals surface area contributed by atoms with Gasteiger partial charge >= 0.3 is 5.97 Å².